The highest BCUT2D eigenvalue weighted by atomic mass is 79.9. The quantitative estimate of drug-likeness (QED) is 0.857. The Bertz CT molecular complexity index is 467. The van der Waals surface area contributed by atoms with Crippen LogP contribution in [-0.4, -0.2) is 27.0 Å². The minimum Gasteiger partial charge on any atom is -0.489 e. The Hall–Kier alpha value is -0.820. The maximum atomic E-state index is 12.9. The van der Waals surface area contributed by atoms with E-state index < -0.39 is 15.7 Å². The van der Waals surface area contributed by atoms with Crippen molar-refractivity contribution in [2.45, 2.75) is 0 Å². The second kappa shape index (κ2) is 5.01. The first-order valence-corrected chi connectivity index (χ1v) is 7.20. The molecule has 16 heavy (non-hydrogen) atoms. The minimum absolute atomic E-state index is 0.0206. The Kier molecular flexibility index (Phi) is 4.15. The van der Waals surface area contributed by atoms with Crippen molar-refractivity contribution in [1.82, 2.24) is 0 Å². The normalized spacial score (nSPS) is 11.4. The second-order valence-corrected chi connectivity index (χ2v) is 6.40. The van der Waals surface area contributed by atoms with Crippen molar-refractivity contribution in [3.05, 3.63) is 22.4 Å². The van der Waals surface area contributed by atoms with Gasteiger partial charge in [-0.2, -0.15) is 0 Å². The molecule has 0 fully saturated rings. The second-order valence-electron chi connectivity index (χ2n) is 3.28. The van der Waals surface area contributed by atoms with Gasteiger partial charge in [0.1, 0.15) is 12.4 Å². The number of ether oxygens (including phenoxy) is 1. The Morgan fingerprint density at radius 2 is 2.12 bits per heavy atom. The van der Waals surface area contributed by atoms with Crippen LogP contribution in [0.1, 0.15) is 0 Å². The van der Waals surface area contributed by atoms with E-state index in [2.05, 4.69) is 15.9 Å². The topological polar surface area (TPSA) is 69.4 Å². The maximum Gasteiger partial charge on any atom is 0.156 e. The van der Waals surface area contributed by atoms with Gasteiger partial charge in [-0.25, -0.2) is 12.8 Å². The van der Waals surface area contributed by atoms with Crippen LogP contribution >= 0.6 is 15.9 Å². The highest BCUT2D eigenvalue weighted by Gasteiger charge is 2.10. The van der Waals surface area contributed by atoms with Crippen molar-refractivity contribution >= 4 is 31.5 Å². The first-order chi connectivity index (χ1) is 7.29. The molecule has 4 nitrogen and oxygen atoms in total. The molecular formula is C9H11BrFNO3S. The zero-order valence-corrected chi connectivity index (χ0v) is 10.9. The van der Waals surface area contributed by atoms with Gasteiger partial charge >= 0.3 is 0 Å². The van der Waals surface area contributed by atoms with Gasteiger partial charge in [-0.1, -0.05) is 0 Å². The predicted molar refractivity (Wildman–Crippen MR) is 63.7 cm³/mol. The Morgan fingerprint density at radius 3 is 2.62 bits per heavy atom. The lowest BCUT2D eigenvalue weighted by atomic mass is 10.3. The van der Waals surface area contributed by atoms with Gasteiger partial charge in [-0.3, -0.25) is 0 Å². The third-order valence-corrected chi connectivity index (χ3v) is 3.23. The van der Waals surface area contributed by atoms with Gasteiger partial charge in [0.05, 0.1) is 15.9 Å². The van der Waals surface area contributed by atoms with Crippen LogP contribution in [0.15, 0.2) is 16.6 Å². The average Bonchev–Trinajstić information content (AvgIpc) is 2.07. The highest BCUT2D eigenvalue weighted by molar-refractivity contribution is 9.10. The van der Waals surface area contributed by atoms with Gasteiger partial charge in [-0.15, -0.1) is 0 Å². The van der Waals surface area contributed by atoms with Crippen LogP contribution < -0.4 is 10.5 Å². The van der Waals surface area contributed by atoms with E-state index in [1.807, 2.05) is 0 Å². The molecule has 0 heterocycles. The summed E-state index contributed by atoms with van der Waals surface area (Å²) in [4.78, 5) is 0. The number of nitrogen functional groups attached to an aromatic ring is 1. The third kappa shape index (κ3) is 3.97. The van der Waals surface area contributed by atoms with Crippen LogP contribution in [-0.2, 0) is 9.84 Å². The van der Waals surface area contributed by atoms with E-state index in [9.17, 15) is 12.8 Å². The third-order valence-electron chi connectivity index (χ3n) is 1.74. The van der Waals surface area contributed by atoms with Crippen molar-refractivity contribution in [3.63, 3.8) is 0 Å². The first-order valence-electron chi connectivity index (χ1n) is 4.34. The Labute approximate surface area is 102 Å². The molecule has 1 aromatic carbocycles. The fourth-order valence-electron chi connectivity index (χ4n) is 1.03. The summed E-state index contributed by atoms with van der Waals surface area (Å²) in [5.41, 5.74) is 5.65. The SMILES string of the molecule is CS(=O)(=O)CCOc1c(N)cc(F)cc1Br. The van der Waals surface area contributed by atoms with Gasteiger partial charge in [-0.05, 0) is 22.0 Å². The van der Waals surface area contributed by atoms with E-state index in [4.69, 9.17) is 10.5 Å². The number of benzene rings is 1. The van der Waals surface area contributed by atoms with Crippen molar-refractivity contribution in [2.24, 2.45) is 0 Å². The molecule has 0 aromatic heterocycles. The smallest absolute Gasteiger partial charge is 0.156 e. The van der Waals surface area contributed by atoms with Crippen LogP contribution in [0.4, 0.5) is 10.1 Å². The van der Waals surface area contributed by atoms with Crippen LogP contribution in [0.2, 0.25) is 0 Å². The van der Waals surface area contributed by atoms with E-state index in [1.54, 1.807) is 0 Å². The molecule has 0 spiro atoms. The van der Waals surface area contributed by atoms with Crippen LogP contribution in [0.3, 0.4) is 0 Å². The number of rotatable bonds is 4. The van der Waals surface area contributed by atoms with E-state index in [-0.39, 0.29) is 23.8 Å². The lowest BCUT2D eigenvalue weighted by Gasteiger charge is -2.10. The Morgan fingerprint density at radius 1 is 1.50 bits per heavy atom. The van der Waals surface area contributed by atoms with Crippen molar-refractivity contribution in [1.29, 1.82) is 0 Å². The molecule has 90 valence electrons. The van der Waals surface area contributed by atoms with Crippen molar-refractivity contribution < 1.29 is 17.5 Å². The molecule has 1 aromatic rings. The predicted octanol–water partition coefficient (Wildman–Crippen LogP) is 1.59. The van der Waals surface area contributed by atoms with Gasteiger partial charge in [0.2, 0.25) is 0 Å². The fourth-order valence-corrected chi connectivity index (χ4v) is 1.98. The van der Waals surface area contributed by atoms with Crippen LogP contribution in [0.5, 0.6) is 5.75 Å². The van der Waals surface area contributed by atoms with E-state index in [0.29, 0.717) is 4.47 Å². The maximum absolute atomic E-state index is 12.9. The molecule has 2 N–H and O–H groups in total. The van der Waals surface area contributed by atoms with E-state index in [1.165, 1.54) is 6.07 Å². The zero-order chi connectivity index (χ0) is 12.3. The van der Waals surface area contributed by atoms with E-state index in [0.717, 1.165) is 12.3 Å². The molecule has 0 saturated heterocycles. The lowest BCUT2D eigenvalue weighted by Crippen LogP contribution is -2.13. The fraction of sp³-hybridized carbons (Fsp3) is 0.333. The molecule has 0 unspecified atom stereocenters. The minimum atomic E-state index is -3.08. The molecular weight excluding hydrogens is 301 g/mol. The van der Waals surface area contributed by atoms with Crippen molar-refractivity contribution in [2.75, 3.05) is 24.3 Å². The first kappa shape index (κ1) is 13.2. The summed E-state index contributed by atoms with van der Waals surface area (Å²) >= 11 is 3.08. The zero-order valence-electron chi connectivity index (χ0n) is 8.54. The summed E-state index contributed by atoms with van der Waals surface area (Å²) in [6.07, 6.45) is 1.11. The molecule has 0 radical (unpaired) electrons. The average molecular weight is 312 g/mol. The van der Waals surface area contributed by atoms with Crippen LogP contribution in [0.25, 0.3) is 0 Å². The van der Waals surface area contributed by atoms with E-state index >= 15 is 0 Å². The number of halogens is 2. The summed E-state index contributed by atoms with van der Waals surface area (Å²) in [5.74, 6) is -0.346. The number of hydrogen-bond donors (Lipinski definition) is 1. The lowest BCUT2D eigenvalue weighted by molar-refractivity contribution is 0.340. The standard InChI is InChI=1S/C9H11BrFNO3S/c1-16(13,14)3-2-15-9-7(10)4-6(11)5-8(9)12/h4-5H,2-3,12H2,1H3. The summed E-state index contributed by atoms with van der Waals surface area (Å²) < 4.78 is 40.1. The molecule has 1 rings (SSSR count). The Balaban J connectivity index is 2.75. The van der Waals surface area contributed by atoms with Crippen LogP contribution in [0, 0.1) is 5.82 Å². The molecule has 0 amide bonds. The largest absolute Gasteiger partial charge is 0.489 e. The van der Waals surface area contributed by atoms with Gasteiger partial charge in [0, 0.05) is 12.3 Å². The number of sulfone groups is 1. The molecule has 0 saturated carbocycles. The molecule has 0 aliphatic carbocycles. The highest BCUT2D eigenvalue weighted by Crippen LogP contribution is 2.32. The van der Waals surface area contributed by atoms with Crippen molar-refractivity contribution in [3.8, 4) is 5.75 Å². The van der Waals surface area contributed by atoms with Gasteiger partial charge in [0.15, 0.2) is 15.6 Å². The summed E-state index contributed by atoms with van der Waals surface area (Å²) in [6, 6.07) is 2.31. The number of anilines is 1. The molecule has 0 bridgehead atoms. The number of nitrogens with two attached hydrogens (primary N) is 1. The molecule has 0 atom stereocenters. The summed E-state index contributed by atoms with van der Waals surface area (Å²) in [6.45, 7) is -0.0206. The summed E-state index contributed by atoms with van der Waals surface area (Å²) in [7, 11) is -3.08. The molecule has 0 aliphatic heterocycles. The molecule has 7 heteroatoms. The monoisotopic (exact) mass is 311 g/mol. The molecule has 0 aliphatic rings. The van der Waals surface area contributed by atoms with Gasteiger partial charge in [0.25, 0.3) is 0 Å². The summed E-state index contributed by atoms with van der Waals surface area (Å²) in [5, 5.41) is 0. The number of hydrogen-bond acceptors (Lipinski definition) is 4. The van der Waals surface area contributed by atoms with Gasteiger partial charge < -0.3 is 10.5 Å².